The van der Waals surface area contributed by atoms with E-state index in [9.17, 15) is 4.79 Å². The van der Waals surface area contributed by atoms with Crippen LogP contribution >= 0.6 is 15.9 Å². The van der Waals surface area contributed by atoms with E-state index in [1.807, 2.05) is 18.2 Å². The smallest absolute Gasteiger partial charge is 0.287 e. The van der Waals surface area contributed by atoms with E-state index in [1.165, 1.54) is 0 Å². The number of nitrogens with zero attached hydrogens (tertiary/aromatic N) is 2. The van der Waals surface area contributed by atoms with Crippen molar-refractivity contribution in [2.45, 2.75) is 6.92 Å². The topological polar surface area (TPSA) is 70.1 Å². The van der Waals surface area contributed by atoms with Gasteiger partial charge in [-0.1, -0.05) is 6.07 Å². The molecule has 0 radical (unpaired) electrons. The number of amides is 1. The molecule has 2 aromatic rings. The van der Waals surface area contributed by atoms with Crippen LogP contribution in [0.1, 0.15) is 23.1 Å². The fraction of sp³-hybridized carbons (Fsp3) is 0.0833. The fourth-order valence-corrected chi connectivity index (χ4v) is 1.67. The zero-order chi connectivity index (χ0) is 13.0. The molecule has 1 amide bonds. The number of rotatable bonds is 3. The second kappa shape index (κ2) is 5.59. The monoisotopic (exact) mass is 306 g/mol. The van der Waals surface area contributed by atoms with Gasteiger partial charge in [0, 0.05) is 16.9 Å². The van der Waals surface area contributed by atoms with Crippen molar-refractivity contribution in [3.8, 4) is 0 Å². The predicted octanol–water partition coefficient (Wildman–Crippen LogP) is 2.33. The third kappa shape index (κ3) is 3.04. The molecule has 0 bridgehead atoms. The summed E-state index contributed by atoms with van der Waals surface area (Å²) in [6.45, 7) is 1.78. The maximum atomic E-state index is 11.7. The molecule has 2 rings (SSSR count). The lowest BCUT2D eigenvalue weighted by Crippen LogP contribution is -2.19. The molecule has 0 atom stereocenters. The van der Waals surface area contributed by atoms with E-state index < -0.39 is 0 Å². The molecular formula is C12H11BrN4O. The molecule has 0 unspecified atom stereocenters. The Kier molecular flexibility index (Phi) is 3.88. The van der Waals surface area contributed by atoms with Gasteiger partial charge in [0.15, 0.2) is 0 Å². The van der Waals surface area contributed by atoms with E-state index >= 15 is 0 Å². The van der Waals surface area contributed by atoms with E-state index in [0.29, 0.717) is 11.4 Å². The Morgan fingerprint density at radius 2 is 2.33 bits per heavy atom. The first-order chi connectivity index (χ1) is 8.66. The second-order valence-corrected chi connectivity index (χ2v) is 4.50. The summed E-state index contributed by atoms with van der Waals surface area (Å²) in [5.41, 5.74) is 4.29. The van der Waals surface area contributed by atoms with Crippen LogP contribution in [0, 0.1) is 0 Å². The van der Waals surface area contributed by atoms with E-state index in [1.54, 1.807) is 25.4 Å². The lowest BCUT2D eigenvalue weighted by molar-refractivity contribution is 0.0950. The van der Waals surface area contributed by atoms with Crippen LogP contribution < -0.4 is 5.43 Å². The van der Waals surface area contributed by atoms with E-state index in [4.69, 9.17) is 0 Å². The van der Waals surface area contributed by atoms with Gasteiger partial charge >= 0.3 is 0 Å². The van der Waals surface area contributed by atoms with Gasteiger partial charge in [-0.2, -0.15) is 5.10 Å². The Bertz CT molecular complexity index is 577. The molecule has 5 nitrogen and oxygen atoms in total. The zero-order valence-corrected chi connectivity index (χ0v) is 11.2. The van der Waals surface area contributed by atoms with Gasteiger partial charge in [0.05, 0.1) is 11.4 Å². The molecule has 0 saturated heterocycles. The van der Waals surface area contributed by atoms with Crippen LogP contribution in [0.25, 0.3) is 0 Å². The van der Waals surface area contributed by atoms with Gasteiger partial charge in [0.25, 0.3) is 5.91 Å². The molecule has 18 heavy (non-hydrogen) atoms. The maximum absolute atomic E-state index is 11.7. The third-order valence-corrected chi connectivity index (χ3v) is 2.71. The Hall–Kier alpha value is -1.95. The minimum atomic E-state index is -0.295. The number of pyridine rings is 1. The number of nitrogens with one attached hydrogen (secondary N) is 2. The number of hydrogen-bond acceptors (Lipinski definition) is 3. The average molecular weight is 307 g/mol. The number of H-pyrrole nitrogens is 1. The molecule has 0 aliphatic heterocycles. The number of carbonyl (C=O) groups excluding carboxylic acids is 1. The number of hydrogen-bond donors (Lipinski definition) is 2. The molecule has 2 heterocycles. The number of aromatic nitrogens is 2. The molecule has 0 aromatic carbocycles. The van der Waals surface area contributed by atoms with E-state index in [0.717, 1.165) is 10.2 Å². The van der Waals surface area contributed by atoms with Crippen LogP contribution in [-0.4, -0.2) is 21.6 Å². The van der Waals surface area contributed by atoms with Crippen molar-refractivity contribution >= 4 is 27.5 Å². The zero-order valence-electron chi connectivity index (χ0n) is 9.64. The minimum absolute atomic E-state index is 0.295. The summed E-state index contributed by atoms with van der Waals surface area (Å²) in [5.74, 6) is -0.295. The van der Waals surface area contributed by atoms with Crippen LogP contribution in [0.2, 0.25) is 0 Å². The van der Waals surface area contributed by atoms with Gasteiger partial charge in [-0.05, 0) is 41.1 Å². The quantitative estimate of drug-likeness (QED) is 0.675. The van der Waals surface area contributed by atoms with Crippen molar-refractivity contribution in [2.24, 2.45) is 5.10 Å². The minimum Gasteiger partial charge on any atom is -0.356 e. The van der Waals surface area contributed by atoms with Gasteiger partial charge in [-0.25, -0.2) is 5.43 Å². The highest BCUT2D eigenvalue weighted by Crippen LogP contribution is 2.10. The Morgan fingerprint density at radius 3 is 2.94 bits per heavy atom. The highest BCUT2D eigenvalue weighted by Gasteiger charge is 2.07. The summed E-state index contributed by atoms with van der Waals surface area (Å²) in [4.78, 5) is 18.7. The first-order valence-electron chi connectivity index (χ1n) is 5.27. The normalized spacial score (nSPS) is 11.3. The molecule has 0 aliphatic carbocycles. The molecule has 6 heteroatoms. The SMILES string of the molecule is C/C(=N/NC(=O)c1cc(Br)c[nH]1)c1ccccn1. The lowest BCUT2D eigenvalue weighted by atomic mass is 10.3. The van der Waals surface area contributed by atoms with Gasteiger partial charge in [-0.15, -0.1) is 0 Å². The predicted molar refractivity (Wildman–Crippen MR) is 72.4 cm³/mol. The van der Waals surface area contributed by atoms with E-state index in [-0.39, 0.29) is 5.91 Å². The second-order valence-electron chi connectivity index (χ2n) is 3.58. The molecule has 2 N–H and O–H groups in total. The Morgan fingerprint density at radius 1 is 1.50 bits per heavy atom. The number of aromatic amines is 1. The highest BCUT2D eigenvalue weighted by molar-refractivity contribution is 9.10. The number of halogens is 1. The summed E-state index contributed by atoms with van der Waals surface area (Å²) in [7, 11) is 0. The third-order valence-electron chi connectivity index (χ3n) is 2.25. The van der Waals surface area contributed by atoms with Gasteiger partial charge in [0.2, 0.25) is 0 Å². The molecule has 92 valence electrons. The average Bonchev–Trinajstić information content (AvgIpc) is 2.83. The lowest BCUT2D eigenvalue weighted by Gasteiger charge is -2.00. The standard InChI is InChI=1S/C12H11BrN4O/c1-8(10-4-2-3-5-14-10)16-17-12(18)11-6-9(13)7-15-11/h2-7,15H,1H3,(H,17,18)/b16-8-. The van der Waals surface area contributed by atoms with Crippen LogP contribution in [0.15, 0.2) is 46.2 Å². The van der Waals surface area contributed by atoms with Gasteiger partial charge in [-0.3, -0.25) is 9.78 Å². The molecule has 0 spiro atoms. The van der Waals surface area contributed by atoms with Crippen molar-refractivity contribution < 1.29 is 4.79 Å². The van der Waals surface area contributed by atoms with Gasteiger partial charge < -0.3 is 4.98 Å². The van der Waals surface area contributed by atoms with Crippen molar-refractivity contribution in [1.82, 2.24) is 15.4 Å². The summed E-state index contributed by atoms with van der Waals surface area (Å²) >= 11 is 3.26. The van der Waals surface area contributed by atoms with E-state index in [2.05, 4.69) is 36.4 Å². The molecule has 0 aliphatic rings. The largest absolute Gasteiger partial charge is 0.356 e. The summed E-state index contributed by atoms with van der Waals surface area (Å²) in [5, 5.41) is 4.00. The van der Waals surface area contributed by atoms with Crippen LogP contribution in [0.3, 0.4) is 0 Å². The van der Waals surface area contributed by atoms with Crippen LogP contribution in [0.4, 0.5) is 0 Å². The highest BCUT2D eigenvalue weighted by atomic mass is 79.9. The molecular weight excluding hydrogens is 296 g/mol. The van der Waals surface area contributed by atoms with Crippen LogP contribution in [-0.2, 0) is 0 Å². The van der Waals surface area contributed by atoms with Crippen molar-refractivity contribution in [2.75, 3.05) is 0 Å². The van der Waals surface area contributed by atoms with Gasteiger partial charge in [0.1, 0.15) is 5.69 Å². The van der Waals surface area contributed by atoms with Crippen molar-refractivity contribution in [3.63, 3.8) is 0 Å². The van der Waals surface area contributed by atoms with Crippen molar-refractivity contribution in [1.29, 1.82) is 0 Å². The Balaban J connectivity index is 2.05. The first kappa shape index (κ1) is 12.5. The molecule has 0 saturated carbocycles. The summed E-state index contributed by atoms with van der Waals surface area (Å²) in [6.07, 6.45) is 3.36. The summed E-state index contributed by atoms with van der Waals surface area (Å²) in [6, 6.07) is 7.20. The number of hydrazone groups is 1. The number of carbonyl (C=O) groups is 1. The molecule has 0 fully saturated rings. The maximum Gasteiger partial charge on any atom is 0.287 e. The van der Waals surface area contributed by atoms with Crippen molar-refractivity contribution in [3.05, 3.63) is 52.5 Å². The molecule has 2 aromatic heterocycles. The van der Waals surface area contributed by atoms with Crippen LogP contribution in [0.5, 0.6) is 0 Å². The summed E-state index contributed by atoms with van der Waals surface area (Å²) < 4.78 is 0.818. The first-order valence-corrected chi connectivity index (χ1v) is 6.06. The fourth-order valence-electron chi connectivity index (χ4n) is 1.33. The Labute approximate surface area is 112 Å².